The van der Waals surface area contributed by atoms with E-state index >= 15 is 0 Å². The lowest BCUT2D eigenvalue weighted by Gasteiger charge is -2.37. The largest absolute Gasteiger partial charge is 0.0882 e. The lowest BCUT2D eigenvalue weighted by atomic mass is 9.67. The fourth-order valence-corrected chi connectivity index (χ4v) is 2.82. The summed E-state index contributed by atoms with van der Waals surface area (Å²) in [5.74, 6) is 2.31. The van der Waals surface area contributed by atoms with Gasteiger partial charge in [0.15, 0.2) is 0 Å². The minimum absolute atomic E-state index is 0.662. The molecule has 0 nitrogen and oxygen atoms in total. The zero-order valence-corrected chi connectivity index (χ0v) is 7.74. The highest BCUT2D eigenvalue weighted by Gasteiger charge is 2.35. The summed E-state index contributed by atoms with van der Waals surface area (Å²) in [6, 6.07) is 0. The topological polar surface area (TPSA) is 0 Å². The van der Waals surface area contributed by atoms with Crippen LogP contribution in [0.2, 0.25) is 0 Å². The second-order valence-corrected chi connectivity index (χ2v) is 4.26. The predicted octanol–water partition coefficient (Wildman–Crippen LogP) is 3.17. The van der Waals surface area contributed by atoms with Gasteiger partial charge in [0.05, 0.1) is 0 Å². The molecule has 0 aromatic carbocycles. The molecule has 66 valence electrons. The molecule has 3 unspecified atom stereocenters. The van der Waals surface area contributed by atoms with Gasteiger partial charge in [-0.2, -0.15) is 0 Å². The van der Waals surface area contributed by atoms with Gasteiger partial charge in [0.1, 0.15) is 0 Å². The van der Waals surface area contributed by atoms with Crippen molar-refractivity contribution in [2.75, 3.05) is 0 Å². The lowest BCUT2D eigenvalue weighted by Crippen LogP contribution is -2.28. The van der Waals surface area contributed by atoms with Crippen LogP contribution in [0.15, 0.2) is 36.0 Å². The Bertz CT molecular complexity index is 293. The van der Waals surface area contributed by atoms with Crippen LogP contribution in [0.4, 0.5) is 0 Å². The number of hydrogen-bond acceptors (Lipinski definition) is 0. The Kier molecular flexibility index (Phi) is 1.68. The summed E-state index contributed by atoms with van der Waals surface area (Å²) in [7, 11) is 0. The van der Waals surface area contributed by atoms with Gasteiger partial charge in [-0.15, -0.1) is 0 Å². The zero-order valence-electron chi connectivity index (χ0n) is 7.74. The fraction of sp³-hybridized carbons (Fsp3) is 0.462. The molecule has 0 bridgehead atoms. The van der Waals surface area contributed by atoms with Crippen molar-refractivity contribution in [1.82, 2.24) is 0 Å². The van der Waals surface area contributed by atoms with Crippen LogP contribution in [-0.4, -0.2) is 0 Å². The Morgan fingerprint density at radius 3 is 3.31 bits per heavy atom. The summed E-state index contributed by atoms with van der Waals surface area (Å²) in [5, 5.41) is 0. The molecule has 3 aliphatic rings. The van der Waals surface area contributed by atoms with E-state index in [1.54, 1.807) is 0 Å². The van der Waals surface area contributed by atoms with Gasteiger partial charge in [-0.3, -0.25) is 0 Å². The van der Waals surface area contributed by atoms with Crippen LogP contribution in [0.3, 0.4) is 0 Å². The van der Waals surface area contributed by atoms with Gasteiger partial charge in [0.25, 0.3) is 0 Å². The zero-order chi connectivity index (χ0) is 8.67. The Morgan fingerprint density at radius 1 is 1.31 bits per heavy atom. The quantitative estimate of drug-likeness (QED) is 0.490. The van der Waals surface area contributed by atoms with E-state index < -0.39 is 0 Å². The van der Waals surface area contributed by atoms with Gasteiger partial charge in [0.2, 0.25) is 0 Å². The van der Waals surface area contributed by atoms with Crippen LogP contribution in [0.1, 0.15) is 19.3 Å². The van der Waals surface area contributed by atoms with Crippen molar-refractivity contribution in [3.8, 4) is 0 Å². The summed E-state index contributed by atoms with van der Waals surface area (Å²) >= 11 is 0. The van der Waals surface area contributed by atoms with Gasteiger partial charge < -0.3 is 0 Å². The molecule has 0 spiro atoms. The summed E-state index contributed by atoms with van der Waals surface area (Å²) in [6.07, 6.45) is 18.9. The van der Waals surface area contributed by atoms with Crippen molar-refractivity contribution in [3.05, 3.63) is 42.4 Å². The number of hydrogen-bond donors (Lipinski definition) is 0. The molecule has 0 aromatic rings. The maximum atomic E-state index is 3.54. The highest BCUT2D eigenvalue weighted by atomic mass is 14.4. The Labute approximate surface area is 80.0 Å². The van der Waals surface area contributed by atoms with Gasteiger partial charge in [-0.1, -0.05) is 36.0 Å². The molecule has 1 fully saturated rings. The third kappa shape index (κ3) is 1.12. The van der Waals surface area contributed by atoms with Gasteiger partial charge in [0, 0.05) is 12.3 Å². The fourth-order valence-electron chi connectivity index (χ4n) is 2.82. The summed E-state index contributed by atoms with van der Waals surface area (Å²) in [4.78, 5) is 0. The van der Waals surface area contributed by atoms with Crippen LogP contribution in [-0.2, 0) is 0 Å². The molecule has 2 radical (unpaired) electrons. The van der Waals surface area contributed by atoms with Crippen molar-refractivity contribution in [1.29, 1.82) is 0 Å². The minimum atomic E-state index is 0.662. The average Bonchev–Trinajstić information content (AvgIpc) is 2.65. The van der Waals surface area contributed by atoms with E-state index in [0.29, 0.717) is 5.92 Å². The van der Waals surface area contributed by atoms with E-state index in [4.69, 9.17) is 0 Å². The maximum Gasteiger partial charge on any atom is 0.0129 e. The minimum Gasteiger partial charge on any atom is -0.0882 e. The van der Waals surface area contributed by atoms with Crippen LogP contribution in [0, 0.1) is 24.2 Å². The normalized spacial score (nSPS) is 41.2. The predicted molar refractivity (Wildman–Crippen MR) is 53.9 cm³/mol. The number of allylic oxidation sites excluding steroid dienone is 6. The standard InChI is InChI=1S/C13H14/c1-2-6-12-10(4-1)8-9-11-5-3-7-13(11)12/h2-3,5-7,10,12-13H,1,4,8H2. The van der Waals surface area contributed by atoms with Crippen LogP contribution in [0.5, 0.6) is 0 Å². The van der Waals surface area contributed by atoms with Crippen LogP contribution in [0.25, 0.3) is 0 Å². The Morgan fingerprint density at radius 2 is 2.31 bits per heavy atom. The van der Waals surface area contributed by atoms with E-state index in [9.17, 15) is 0 Å². The van der Waals surface area contributed by atoms with E-state index in [2.05, 4.69) is 36.8 Å². The molecule has 0 aromatic heterocycles. The van der Waals surface area contributed by atoms with Crippen molar-refractivity contribution >= 4 is 0 Å². The molecular weight excluding hydrogens is 156 g/mol. The first-order valence-corrected chi connectivity index (χ1v) is 5.24. The number of fused-ring (bicyclic) bond motifs is 3. The maximum absolute atomic E-state index is 3.54. The van der Waals surface area contributed by atoms with Crippen molar-refractivity contribution in [2.45, 2.75) is 19.3 Å². The summed E-state index contributed by atoms with van der Waals surface area (Å²) in [5.41, 5.74) is 1.44. The molecular formula is C13H14. The summed E-state index contributed by atoms with van der Waals surface area (Å²) < 4.78 is 0. The lowest BCUT2D eigenvalue weighted by molar-refractivity contribution is 0.287. The van der Waals surface area contributed by atoms with Crippen molar-refractivity contribution in [3.63, 3.8) is 0 Å². The molecule has 0 heteroatoms. The van der Waals surface area contributed by atoms with Crippen LogP contribution < -0.4 is 0 Å². The first kappa shape index (κ1) is 7.61. The van der Waals surface area contributed by atoms with E-state index in [1.807, 2.05) is 0 Å². The first-order valence-electron chi connectivity index (χ1n) is 5.24. The molecule has 0 aliphatic heterocycles. The van der Waals surface area contributed by atoms with E-state index in [1.165, 1.54) is 24.8 Å². The van der Waals surface area contributed by atoms with Crippen molar-refractivity contribution in [2.24, 2.45) is 17.8 Å². The highest BCUT2D eigenvalue weighted by Crippen LogP contribution is 2.45. The molecule has 0 N–H and O–H groups in total. The average molecular weight is 170 g/mol. The molecule has 3 rings (SSSR count). The highest BCUT2D eigenvalue weighted by molar-refractivity contribution is 5.37. The molecule has 13 heavy (non-hydrogen) atoms. The van der Waals surface area contributed by atoms with Gasteiger partial charge in [-0.05, 0) is 31.1 Å². The second kappa shape index (κ2) is 2.87. The molecule has 0 amide bonds. The third-order valence-corrected chi connectivity index (χ3v) is 3.54. The van der Waals surface area contributed by atoms with Crippen LogP contribution >= 0.6 is 0 Å². The first-order chi connectivity index (χ1) is 6.45. The summed E-state index contributed by atoms with van der Waals surface area (Å²) in [6.45, 7) is 0. The Balaban J connectivity index is 1.93. The van der Waals surface area contributed by atoms with Gasteiger partial charge >= 0.3 is 0 Å². The SMILES string of the molecule is [C]1CC2CCC=CC2C2C=CC=C12. The van der Waals surface area contributed by atoms with Crippen molar-refractivity contribution < 1.29 is 0 Å². The monoisotopic (exact) mass is 170 g/mol. The van der Waals surface area contributed by atoms with E-state index in [0.717, 1.165) is 11.8 Å². The number of rotatable bonds is 0. The molecule has 1 saturated carbocycles. The van der Waals surface area contributed by atoms with Gasteiger partial charge in [-0.25, -0.2) is 0 Å². The third-order valence-electron chi connectivity index (χ3n) is 3.54. The second-order valence-electron chi connectivity index (χ2n) is 4.26. The smallest absolute Gasteiger partial charge is 0.0129 e. The Hall–Kier alpha value is -0.780. The molecule has 3 atom stereocenters. The molecule has 3 aliphatic carbocycles. The van der Waals surface area contributed by atoms with E-state index in [-0.39, 0.29) is 0 Å². The molecule has 0 saturated heterocycles. The molecule has 0 heterocycles.